The normalized spacial score (nSPS) is 11.5. The molecule has 0 spiro atoms. The van der Waals surface area contributed by atoms with Crippen LogP contribution in [0.5, 0.6) is 5.75 Å². The maximum absolute atomic E-state index is 12.2. The third-order valence-corrected chi connectivity index (χ3v) is 5.35. The molecule has 0 fully saturated rings. The number of nitrogens with one attached hydrogen (secondary N) is 3. The van der Waals surface area contributed by atoms with Crippen LogP contribution in [0.4, 0.5) is 0 Å². The van der Waals surface area contributed by atoms with Gasteiger partial charge in [0.25, 0.3) is 0 Å². The van der Waals surface area contributed by atoms with Crippen LogP contribution in [0.15, 0.2) is 59.6 Å². The molecule has 0 aliphatic heterocycles. The summed E-state index contributed by atoms with van der Waals surface area (Å²) >= 11 is 0. The van der Waals surface area contributed by atoms with E-state index >= 15 is 0 Å². The highest BCUT2D eigenvalue weighted by atomic mass is 127. The van der Waals surface area contributed by atoms with E-state index in [1.807, 2.05) is 68.4 Å². The number of para-hydroxylation sites is 1. The van der Waals surface area contributed by atoms with Crippen LogP contribution in [0.2, 0.25) is 0 Å². The molecule has 3 N–H and O–H groups in total. The van der Waals surface area contributed by atoms with Gasteiger partial charge in [0.15, 0.2) is 5.96 Å². The van der Waals surface area contributed by atoms with Crippen LogP contribution in [-0.2, 0) is 23.1 Å². The van der Waals surface area contributed by atoms with Crippen molar-refractivity contribution in [1.29, 1.82) is 0 Å². The van der Waals surface area contributed by atoms with E-state index in [9.17, 15) is 8.42 Å². The van der Waals surface area contributed by atoms with Gasteiger partial charge in [0.1, 0.15) is 5.75 Å². The van der Waals surface area contributed by atoms with Crippen LogP contribution >= 0.6 is 24.0 Å². The molecule has 9 heteroatoms. The van der Waals surface area contributed by atoms with Gasteiger partial charge in [-0.25, -0.2) is 18.1 Å². The summed E-state index contributed by atoms with van der Waals surface area (Å²) in [5.74, 6) is 1.33. The third-order valence-electron chi connectivity index (χ3n) is 4.03. The quantitative estimate of drug-likeness (QED) is 0.229. The van der Waals surface area contributed by atoms with E-state index < -0.39 is 10.0 Å². The monoisotopic (exact) mass is 546 g/mol. The van der Waals surface area contributed by atoms with Gasteiger partial charge < -0.3 is 15.4 Å². The van der Waals surface area contributed by atoms with E-state index in [4.69, 9.17) is 4.74 Å². The van der Waals surface area contributed by atoms with Crippen molar-refractivity contribution in [3.63, 3.8) is 0 Å². The SMILES string of the molecule is CCNC(=NCc1ccccc1OCC)NCCS(=O)(=O)NCc1ccccc1.I. The number of aliphatic imine (C=N–C) groups is 1. The highest BCUT2D eigenvalue weighted by molar-refractivity contribution is 14.0. The number of rotatable bonds is 11. The maximum atomic E-state index is 12.2. The molecule has 0 saturated heterocycles. The number of hydrogen-bond acceptors (Lipinski definition) is 4. The zero-order chi connectivity index (χ0) is 21.0. The highest BCUT2D eigenvalue weighted by Crippen LogP contribution is 2.18. The first-order chi connectivity index (χ1) is 14.0. The molecule has 30 heavy (non-hydrogen) atoms. The molecule has 2 aromatic rings. The summed E-state index contributed by atoms with van der Waals surface area (Å²) in [6, 6.07) is 17.2. The fourth-order valence-electron chi connectivity index (χ4n) is 2.60. The zero-order valence-electron chi connectivity index (χ0n) is 17.4. The van der Waals surface area contributed by atoms with Gasteiger partial charge in [0.2, 0.25) is 10.0 Å². The number of hydrogen-bond donors (Lipinski definition) is 3. The summed E-state index contributed by atoms with van der Waals surface area (Å²) in [5, 5.41) is 6.21. The summed E-state index contributed by atoms with van der Waals surface area (Å²) < 4.78 is 32.7. The number of nitrogens with zero attached hydrogens (tertiary/aromatic N) is 1. The summed E-state index contributed by atoms with van der Waals surface area (Å²) in [6.07, 6.45) is 0. The Morgan fingerprint density at radius 3 is 2.40 bits per heavy atom. The predicted molar refractivity (Wildman–Crippen MR) is 133 cm³/mol. The Morgan fingerprint density at radius 2 is 1.70 bits per heavy atom. The average molecular weight is 546 g/mol. The van der Waals surface area contributed by atoms with Gasteiger partial charge in [-0.1, -0.05) is 48.5 Å². The lowest BCUT2D eigenvalue weighted by Crippen LogP contribution is -2.41. The van der Waals surface area contributed by atoms with Crippen LogP contribution in [0.1, 0.15) is 25.0 Å². The lowest BCUT2D eigenvalue weighted by atomic mass is 10.2. The topological polar surface area (TPSA) is 91.8 Å². The minimum absolute atomic E-state index is 0. The van der Waals surface area contributed by atoms with Crippen LogP contribution in [-0.4, -0.2) is 39.8 Å². The maximum Gasteiger partial charge on any atom is 0.213 e. The molecule has 0 aliphatic carbocycles. The molecule has 166 valence electrons. The highest BCUT2D eigenvalue weighted by Gasteiger charge is 2.10. The minimum atomic E-state index is -3.39. The van der Waals surface area contributed by atoms with Crippen LogP contribution < -0.4 is 20.1 Å². The zero-order valence-corrected chi connectivity index (χ0v) is 20.6. The molecule has 7 nitrogen and oxygen atoms in total. The summed E-state index contributed by atoms with van der Waals surface area (Å²) in [4.78, 5) is 4.54. The average Bonchev–Trinajstić information content (AvgIpc) is 2.72. The van der Waals surface area contributed by atoms with E-state index in [0.717, 1.165) is 16.9 Å². The molecule has 2 rings (SSSR count). The number of ether oxygens (including phenoxy) is 1. The molecular weight excluding hydrogens is 515 g/mol. The lowest BCUT2D eigenvalue weighted by Gasteiger charge is -2.13. The molecule has 0 radical (unpaired) electrons. The van der Waals surface area contributed by atoms with Crippen molar-refractivity contribution in [3.8, 4) is 5.75 Å². The fourth-order valence-corrected chi connectivity index (χ4v) is 3.50. The van der Waals surface area contributed by atoms with Crippen molar-refractivity contribution < 1.29 is 13.2 Å². The van der Waals surface area contributed by atoms with Crippen molar-refractivity contribution in [3.05, 3.63) is 65.7 Å². The Labute approximate surface area is 196 Å². The number of halogens is 1. The Hall–Kier alpha value is -1.85. The fraction of sp³-hybridized carbons (Fsp3) is 0.381. The summed E-state index contributed by atoms with van der Waals surface area (Å²) in [7, 11) is -3.39. The molecule has 2 aromatic carbocycles. The van der Waals surface area contributed by atoms with Gasteiger partial charge in [-0.15, -0.1) is 24.0 Å². The van der Waals surface area contributed by atoms with Crippen LogP contribution in [0.25, 0.3) is 0 Å². The third kappa shape index (κ3) is 9.77. The summed E-state index contributed by atoms with van der Waals surface area (Å²) in [5.41, 5.74) is 1.90. The molecule has 0 unspecified atom stereocenters. The van der Waals surface area contributed by atoms with E-state index in [0.29, 0.717) is 25.7 Å². The van der Waals surface area contributed by atoms with Gasteiger partial charge in [0, 0.05) is 25.2 Å². The Morgan fingerprint density at radius 1 is 1.00 bits per heavy atom. The minimum Gasteiger partial charge on any atom is -0.494 e. The van der Waals surface area contributed by atoms with Crippen LogP contribution in [0, 0.1) is 0 Å². The first-order valence-electron chi connectivity index (χ1n) is 9.78. The summed E-state index contributed by atoms with van der Waals surface area (Å²) in [6.45, 7) is 6.14. The molecule has 0 aliphatic rings. The lowest BCUT2D eigenvalue weighted by molar-refractivity contribution is 0.336. The van der Waals surface area contributed by atoms with E-state index in [-0.39, 0.29) is 42.8 Å². The number of sulfonamides is 1. The Bertz CT molecular complexity index is 877. The smallest absolute Gasteiger partial charge is 0.213 e. The number of guanidine groups is 1. The van der Waals surface area contributed by atoms with Crippen molar-refractivity contribution in [2.75, 3.05) is 25.4 Å². The van der Waals surface area contributed by atoms with E-state index in [2.05, 4.69) is 20.3 Å². The molecular formula is C21H31IN4O3S. The first kappa shape index (κ1) is 26.2. The van der Waals surface area contributed by atoms with E-state index in [1.54, 1.807) is 0 Å². The second kappa shape index (κ2) is 14.2. The van der Waals surface area contributed by atoms with Gasteiger partial charge in [-0.3, -0.25) is 0 Å². The van der Waals surface area contributed by atoms with Gasteiger partial charge in [-0.2, -0.15) is 0 Å². The molecule has 0 heterocycles. The first-order valence-corrected chi connectivity index (χ1v) is 11.4. The predicted octanol–water partition coefficient (Wildman–Crippen LogP) is 2.88. The van der Waals surface area contributed by atoms with Gasteiger partial charge >= 0.3 is 0 Å². The van der Waals surface area contributed by atoms with Gasteiger partial charge in [-0.05, 0) is 25.5 Å². The van der Waals surface area contributed by atoms with Crippen molar-refractivity contribution >= 4 is 40.0 Å². The molecule has 0 atom stereocenters. The van der Waals surface area contributed by atoms with Gasteiger partial charge in [0.05, 0.1) is 18.9 Å². The van der Waals surface area contributed by atoms with Crippen molar-refractivity contribution in [1.82, 2.24) is 15.4 Å². The number of benzene rings is 2. The molecule has 0 saturated carbocycles. The standard InChI is InChI=1S/C21H30N4O3S.HI/c1-3-22-21(24-17-19-12-8-9-13-20(19)28-4-2)23-14-15-29(26,27)25-16-18-10-6-5-7-11-18;/h5-13,25H,3-4,14-17H2,1-2H3,(H2,22,23,24);1H. The van der Waals surface area contributed by atoms with Crippen molar-refractivity contribution in [2.24, 2.45) is 4.99 Å². The largest absolute Gasteiger partial charge is 0.494 e. The van der Waals surface area contributed by atoms with Crippen LogP contribution in [0.3, 0.4) is 0 Å². The second-order valence-corrected chi connectivity index (χ2v) is 8.21. The Kier molecular flexibility index (Phi) is 12.4. The molecule has 0 aromatic heterocycles. The van der Waals surface area contributed by atoms with E-state index in [1.165, 1.54) is 0 Å². The van der Waals surface area contributed by atoms with Crippen molar-refractivity contribution in [2.45, 2.75) is 26.9 Å². The Balaban J connectivity index is 0.00000450. The molecule has 0 bridgehead atoms. The second-order valence-electron chi connectivity index (χ2n) is 6.29. The molecule has 0 amide bonds.